The molecular formula is C18H25N5O2. The van der Waals surface area contributed by atoms with Crippen LogP contribution in [0.15, 0.2) is 23.1 Å². The zero-order valence-corrected chi connectivity index (χ0v) is 15.2. The summed E-state index contributed by atoms with van der Waals surface area (Å²) in [4.78, 5) is 27.4. The van der Waals surface area contributed by atoms with Gasteiger partial charge in [-0.05, 0) is 58.5 Å². The van der Waals surface area contributed by atoms with E-state index in [1.165, 1.54) is 4.57 Å². The Morgan fingerprint density at radius 3 is 2.60 bits per heavy atom. The smallest absolute Gasteiger partial charge is 0.263 e. The molecule has 2 aromatic heterocycles. The maximum atomic E-state index is 12.7. The van der Waals surface area contributed by atoms with Crippen molar-refractivity contribution in [1.29, 1.82) is 0 Å². The Labute approximate surface area is 147 Å². The van der Waals surface area contributed by atoms with Gasteiger partial charge in [0.1, 0.15) is 11.4 Å². The minimum absolute atomic E-state index is 0.154. The van der Waals surface area contributed by atoms with Crippen LogP contribution in [0.2, 0.25) is 0 Å². The number of nitrogens with one attached hydrogen (secondary N) is 1. The number of hydrogen-bond donors (Lipinski definition) is 1. The fraction of sp³-hybridized carbons (Fsp3) is 0.500. The van der Waals surface area contributed by atoms with E-state index in [9.17, 15) is 9.59 Å². The predicted octanol–water partition coefficient (Wildman–Crippen LogP) is 1.72. The standard InChI is InChI=1S/C18H25N5O2/c1-12-11-15(18(25)22(4)13(12)2)17(24)20-16-5-8-19-23(16)14-6-9-21(3)10-7-14/h5,8,11,14H,6-7,9-10H2,1-4H3,(H,20,24). The molecule has 1 N–H and O–H groups in total. The number of carbonyl (C=O) groups excluding carboxylic acids is 1. The third kappa shape index (κ3) is 3.37. The number of carbonyl (C=O) groups is 1. The third-order valence-electron chi connectivity index (χ3n) is 5.16. The molecule has 0 saturated carbocycles. The molecule has 0 aliphatic carbocycles. The van der Waals surface area contributed by atoms with Crippen LogP contribution in [0.25, 0.3) is 0 Å². The first kappa shape index (κ1) is 17.4. The zero-order chi connectivity index (χ0) is 18.1. The summed E-state index contributed by atoms with van der Waals surface area (Å²) in [6, 6.07) is 3.70. The van der Waals surface area contributed by atoms with Gasteiger partial charge in [-0.2, -0.15) is 5.10 Å². The number of nitrogens with zero attached hydrogens (tertiary/aromatic N) is 4. The minimum Gasteiger partial charge on any atom is -0.315 e. The fourth-order valence-corrected chi connectivity index (χ4v) is 3.27. The van der Waals surface area contributed by atoms with Crippen molar-refractivity contribution in [3.05, 3.63) is 45.5 Å². The molecule has 134 valence electrons. The Hall–Kier alpha value is -2.41. The number of rotatable bonds is 3. The first-order chi connectivity index (χ1) is 11.9. The molecule has 1 fully saturated rings. The molecule has 3 rings (SSSR count). The van der Waals surface area contributed by atoms with Gasteiger partial charge in [-0.15, -0.1) is 0 Å². The second kappa shape index (κ2) is 6.84. The Morgan fingerprint density at radius 2 is 1.92 bits per heavy atom. The first-order valence-corrected chi connectivity index (χ1v) is 8.59. The Morgan fingerprint density at radius 1 is 1.24 bits per heavy atom. The van der Waals surface area contributed by atoms with E-state index >= 15 is 0 Å². The second-order valence-corrected chi connectivity index (χ2v) is 6.84. The molecule has 0 aromatic carbocycles. The second-order valence-electron chi connectivity index (χ2n) is 6.84. The van der Waals surface area contributed by atoms with Crippen molar-refractivity contribution in [2.24, 2.45) is 7.05 Å². The summed E-state index contributed by atoms with van der Waals surface area (Å²) in [5.41, 5.74) is 1.64. The average Bonchev–Trinajstić information content (AvgIpc) is 3.05. The summed E-state index contributed by atoms with van der Waals surface area (Å²) in [5, 5.41) is 7.25. The van der Waals surface area contributed by atoms with Gasteiger partial charge in [0.25, 0.3) is 11.5 Å². The molecule has 1 aliphatic rings. The molecule has 7 heteroatoms. The van der Waals surface area contributed by atoms with Crippen LogP contribution in [0, 0.1) is 13.8 Å². The van der Waals surface area contributed by atoms with Crippen molar-refractivity contribution in [1.82, 2.24) is 19.2 Å². The van der Waals surface area contributed by atoms with Gasteiger partial charge in [0.15, 0.2) is 0 Å². The van der Waals surface area contributed by atoms with E-state index in [1.54, 1.807) is 25.4 Å². The summed E-state index contributed by atoms with van der Waals surface area (Å²) in [7, 11) is 3.79. The van der Waals surface area contributed by atoms with Gasteiger partial charge in [-0.25, -0.2) is 4.68 Å². The predicted molar refractivity (Wildman–Crippen MR) is 97.1 cm³/mol. The van der Waals surface area contributed by atoms with Crippen molar-refractivity contribution >= 4 is 11.7 Å². The van der Waals surface area contributed by atoms with Crippen LogP contribution >= 0.6 is 0 Å². The lowest BCUT2D eigenvalue weighted by Crippen LogP contribution is -2.33. The number of hydrogen-bond acceptors (Lipinski definition) is 4. The molecular weight excluding hydrogens is 318 g/mol. The number of amides is 1. The van der Waals surface area contributed by atoms with Crippen molar-refractivity contribution in [3.8, 4) is 0 Å². The van der Waals surface area contributed by atoms with Crippen LogP contribution in [-0.4, -0.2) is 45.3 Å². The third-order valence-corrected chi connectivity index (χ3v) is 5.16. The Kier molecular flexibility index (Phi) is 4.76. The van der Waals surface area contributed by atoms with E-state index in [4.69, 9.17) is 0 Å². The van der Waals surface area contributed by atoms with Crippen molar-refractivity contribution in [2.75, 3.05) is 25.5 Å². The van der Waals surface area contributed by atoms with Gasteiger partial charge in [-0.1, -0.05) is 0 Å². The van der Waals surface area contributed by atoms with Gasteiger partial charge in [-0.3, -0.25) is 9.59 Å². The summed E-state index contributed by atoms with van der Waals surface area (Å²) < 4.78 is 3.38. The average molecular weight is 343 g/mol. The lowest BCUT2D eigenvalue weighted by Gasteiger charge is -2.30. The molecule has 1 saturated heterocycles. The molecule has 0 spiro atoms. The molecule has 1 amide bonds. The topological polar surface area (TPSA) is 72.2 Å². The molecule has 0 bridgehead atoms. The highest BCUT2D eigenvalue weighted by atomic mass is 16.2. The maximum Gasteiger partial charge on any atom is 0.263 e. The number of piperidine rings is 1. The van der Waals surface area contributed by atoms with Gasteiger partial charge < -0.3 is 14.8 Å². The highest BCUT2D eigenvalue weighted by molar-refractivity contribution is 6.03. The summed E-state index contributed by atoms with van der Waals surface area (Å²) in [6.45, 7) is 5.78. The van der Waals surface area contributed by atoms with E-state index in [2.05, 4.69) is 22.4 Å². The molecule has 25 heavy (non-hydrogen) atoms. The summed E-state index contributed by atoms with van der Waals surface area (Å²) >= 11 is 0. The quantitative estimate of drug-likeness (QED) is 0.921. The van der Waals surface area contributed by atoms with Gasteiger partial charge in [0, 0.05) is 18.8 Å². The lowest BCUT2D eigenvalue weighted by atomic mass is 10.1. The van der Waals surface area contributed by atoms with E-state index in [0.29, 0.717) is 5.82 Å². The van der Waals surface area contributed by atoms with Crippen LogP contribution in [-0.2, 0) is 7.05 Å². The SMILES string of the molecule is Cc1cc(C(=O)Nc2ccnn2C2CCN(C)CC2)c(=O)n(C)c1C. The Balaban J connectivity index is 1.84. The minimum atomic E-state index is -0.390. The van der Waals surface area contributed by atoms with Gasteiger partial charge in [0.2, 0.25) is 0 Å². The number of aryl methyl sites for hydroxylation is 1. The summed E-state index contributed by atoms with van der Waals surface area (Å²) in [6.07, 6.45) is 3.67. The van der Waals surface area contributed by atoms with Crippen molar-refractivity contribution in [2.45, 2.75) is 32.7 Å². The largest absolute Gasteiger partial charge is 0.315 e. The van der Waals surface area contributed by atoms with Crippen molar-refractivity contribution in [3.63, 3.8) is 0 Å². The number of anilines is 1. The highest BCUT2D eigenvalue weighted by Crippen LogP contribution is 2.24. The van der Waals surface area contributed by atoms with E-state index in [-0.39, 0.29) is 17.2 Å². The number of likely N-dealkylation sites (tertiary alicyclic amines) is 1. The maximum absolute atomic E-state index is 12.7. The first-order valence-electron chi connectivity index (χ1n) is 8.59. The van der Waals surface area contributed by atoms with Crippen LogP contribution in [0.3, 0.4) is 0 Å². The van der Waals surface area contributed by atoms with Crippen molar-refractivity contribution < 1.29 is 4.79 Å². The normalized spacial score (nSPS) is 16.2. The van der Waals surface area contributed by atoms with Crippen LogP contribution in [0.1, 0.15) is 40.5 Å². The molecule has 0 atom stereocenters. The highest BCUT2D eigenvalue weighted by Gasteiger charge is 2.22. The van der Waals surface area contributed by atoms with Gasteiger partial charge in [0.05, 0.1) is 12.2 Å². The molecule has 2 aromatic rings. The molecule has 0 unspecified atom stereocenters. The van der Waals surface area contributed by atoms with Crippen LogP contribution in [0.4, 0.5) is 5.82 Å². The van der Waals surface area contributed by atoms with E-state index in [1.807, 2.05) is 18.5 Å². The molecule has 3 heterocycles. The fourth-order valence-electron chi connectivity index (χ4n) is 3.27. The monoisotopic (exact) mass is 343 g/mol. The molecule has 1 aliphatic heterocycles. The zero-order valence-electron chi connectivity index (χ0n) is 15.2. The Bertz CT molecular complexity index is 844. The summed E-state index contributed by atoms with van der Waals surface area (Å²) in [5.74, 6) is 0.248. The van der Waals surface area contributed by atoms with Crippen LogP contribution < -0.4 is 10.9 Å². The molecule has 7 nitrogen and oxygen atoms in total. The van der Waals surface area contributed by atoms with Crippen LogP contribution in [0.5, 0.6) is 0 Å². The van der Waals surface area contributed by atoms with E-state index < -0.39 is 5.91 Å². The number of aromatic nitrogens is 3. The lowest BCUT2D eigenvalue weighted by molar-refractivity contribution is 0.102. The number of pyridine rings is 1. The van der Waals surface area contributed by atoms with Gasteiger partial charge >= 0.3 is 0 Å². The molecule has 0 radical (unpaired) electrons. The van der Waals surface area contributed by atoms with E-state index in [0.717, 1.165) is 37.2 Å².